The molecule has 0 heterocycles. The van der Waals surface area contributed by atoms with Gasteiger partial charge in [-0.05, 0) is 61.3 Å². The van der Waals surface area contributed by atoms with Gasteiger partial charge < -0.3 is 20.1 Å². The minimum Gasteiger partial charge on any atom is -0.493 e. The predicted octanol–water partition coefficient (Wildman–Crippen LogP) is 2.34. The lowest BCUT2D eigenvalue weighted by Gasteiger charge is -2.31. The Morgan fingerprint density at radius 3 is 2.42 bits per heavy atom. The number of benzene rings is 1. The zero-order chi connectivity index (χ0) is 17.4. The van der Waals surface area contributed by atoms with E-state index < -0.39 is 0 Å². The Morgan fingerprint density at radius 1 is 1.21 bits per heavy atom. The molecule has 5 heteroatoms. The van der Waals surface area contributed by atoms with Crippen LogP contribution in [0.5, 0.6) is 11.5 Å². The van der Waals surface area contributed by atoms with Gasteiger partial charge in [-0.25, -0.2) is 0 Å². The fourth-order valence-corrected chi connectivity index (χ4v) is 4.48. The van der Waals surface area contributed by atoms with Gasteiger partial charge in [0.25, 0.3) is 0 Å². The molecule has 1 amide bonds. The van der Waals surface area contributed by atoms with Gasteiger partial charge >= 0.3 is 0 Å². The largest absolute Gasteiger partial charge is 0.493 e. The van der Waals surface area contributed by atoms with Crippen LogP contribution < -0.4 is 15.2 Å². The lowest BCUT2D eigenvalue weighted by atomic mass is 9.84. The SMILES string of the molecule is COc1cc(C)c(CN(C)C(=O)C2C3CCC(C3)C2N)cc1OC. The second-order valence-electron chi connectivity index (χ2n) is 7.26. The highest BCUT2D eigenvalue weighted by molar-refractivity contribution is 5.80. The van der Waals surface area contributed by atoms with E-state index in [-0.39, 0.29) is 17.9 Å². The molecule has 0 spiro atoms. The molecule has 2 aliphatic carbocycles. The molecule has 0 radical (unpaired) electrons. The summed E-state index contributed by atoms with van der Waals surface area (Å²) in [5.41, 5.74) is 8.48. The number of aryl methyl sites for hydroxylation is 1. The molecule has 4 unspecified atom stereocenters. The molecular weight excluding hydrogens is 304 g/mol. The summed E-state index contributed by atoms with van der Waals surface area (Å²) in [5, 5.41) is 0. The van der Waals surface area contributed by atoms with Crippen LogP contribution in [0.1, 0.15) is 30.4 Å². The van der Waals surface area contributed by atoms with Crippen molar-refractivity contribution in [3.05, 3.63) is 23.3 Å². The van der Waals surface area contributed by atoms with Gasteiger partial charge in [-0.3, -0.25) is 4.79 Å². The molecule has 0 aliphatic heterocycles. The van der Waals surface area contributed by atoms with Crippen LogP contribution in [0.2, 0.25) is 0 Å². The van der Waals surface area contributed by atoms with E-state index in [4.69, 9.17) is 15.2 Å². The van der Waals surface area contributed by atoms with Crippen molar-refractivity contribution in [1.82, 2.24) is 4.90 Å². The van der Waals surface area contributed by atoms with Gasteiger partial charge in [-0.1, -0.05) is 0 Å². The monoisotopic (exact) mass is 332 g/mol. The molecule has 4 atom stereocenters. The van der Waals surface area contributed by atoms with Gasteiger partial charge in [-0.15, -0.1) is 0 Å². The normalized spacial score (nSPS) is 28.0. The Kier molecular flexibility index (Phi) is 4.72. The second-order valence-corrected chi connectivity index (χ2v) is 7.26. The summed E-state index contributed by atoms with van der Waals surface area (Å²) in [4.78, 5) is 14.7. The van der Waals surface area contributed by atoms with Crippen molar-refractivity contribution in [1.29, 1.82) is 0 Å². The van der Waals surface area contributed by atoms with Gasteiger partial charge in [0.15, 0.2) is 11.5 Å². The molecular formula is C19H28N2O3. The van der Waals surface area contributed by atoms with Crippen LogP contribution in [0, 0.1) is 24.7 Å². The smallest absolute Gasteiger partial charge is 0.227 e. The number of nitrogens with two attached hydrogens (primary N) is 1. The fraction of sp³-hybridized carbons (Fsp3) is 0.632. The summed E-state index contributed by atoms with van der Waals surface area (Å²) in [5.74, 6) is 2.60. The molecule has 2 bridgehead atoms. The van der Waals surface area contributed by atoms with Crippen LogP contribution in [0.25, 0.3) is 0 Å². The molecule has 2 saturated carbocycles. The number of carbonyl (C=O) groups excluding carboxylic acids is 1. The number of hydrogen-bond acceptors (Lipinski definition) is 4. The molecule has 24 heavy (non-hydrogen) atoms. The van der Waals surface area contributed by atoms with Gasteiger partial charge in [0.2, 0.25) is 5.91 Å². The Morgan fingerprint density at radius 2 is 1.83 bits per heavy atom. The molecule has 1 aromatic rings. The number of rotatable bonds is 5. The predicted molar refractivity (Wildman–Crippen MR) is 93.1 cm³/mol. The minimum atomic E-state index is -0.00537. The van der Waals surface area contributed by atoms with E-state index >= 15 is 0 Å². The van der Waals surface area contributed by atoms with Crippen molar-refractivity contribution in [2.24, 2.45) is 23.5 Å². The first-order valence-corrected chi connectivity index (χ1v) is 8.68. The number of ether oxygens (including phenoxy) is 2. The lowest BCUT2D eigenvalue weighted by Crippen LogP contribution is -2.45. The van der Waals surface area contributed by atoms with Crippen molar-refractivity contribution in [3.63, 3.8) is 0 Å². The van der Waals surface area contributed by atoms with Crippen molar-refractivity contribution < 1.29 is 14.3 Å². The number of carbonyl (C=O) groups is 1. The Hall–Kier alpha value is -1.75. The maximum absolute atomic E-state index is 12.9. The van der Waals surface area contributed by atoms with E-state index in [1.165, 1.54) is 6.42 Å². The van der Waals surface area contributed by atoms with E-state index in [1.54, 1.807) is 14.2 Å². The number of hydrogen-bond donors (Lipinski definition) is 1. The quantitative estimate of drug-likeness (QED) is 0.899. The summed E-state index contributed by atoms with van der Waals surface area (Å²) in [6, 6.07) is 3.94. The summed E-state index contributed by atoms with van der Waals surface area (Å²) in [7, 11) is 5.13. The van der Waals surface area contributed by atoms with Crippen LogP contribution >= 0.6 is 0 Å². The van der Waals surface area contributed by atoms with Crippen molar-refractivity contribution >= 4 is 5.91 Å². The Labute approximate surface area is 144 Å². The van der Waals surface area contributed by atoms with E-state index in [9.17, 15) is 4.79 Å². The van der Waals surface area contributed by atoms with Crippen LogP contribution in [0.3, 0.4) is 0 Å². The van der Waals surface area contributed by atoms with Crippen LogP contribution in [0.4, 0.5) is 0 Å². The summed E-state index contributed by atoms with van der Waals surface area (Å²) >= 11 is 0. The van der Waals surface area contributed by atoms with Crippen LogP contribution in [-0.2, 0) is 11.3 Å². The number of fused-ring (bicyclic) bond motifs is 2. The van der Waals surface area contributed by atoms with Gasteiger partial charge in [0, 0.05) is 19.6 Å². The molecule has 0 aromatic heterocycles. The number of nitrogens with zero attached hydrogens (tertiary/aromatic N) is 1. The second kappa shape index (κ2) is 6.63. The summed E-state index contributed by atoms with van der Waals surface area (Å²) in [6.07, 6.45) is 3.47. The molecule has 5 nitrogen and oxygen atoms in total. The number of methoxy groups -OCH3 is 2. The molecule has 3 rings (SSSR count). The summed E-state index contributed by atoms with van der Waals surface area (Å²) < 4.78 is 10.7. The maximum Gasteiger partial charge on any atom is 0.227 e. The first kappa shape index (κ1) is 17.1. The Balaban J connectivity index is 1.75. The van der Waals surface area contributed by atoms with E-state index in [2.05, 4.69) is 0 Å². The van der Waals surface area contributed by atoms with E-state index in [0.717, 1.165) is 24.0 Å². The zero-order valence-electron chi connectivity index (χ0n) is 15.0. The van der Waals surface area contributed by atoms with Crippen molar-refractivity contribution in [2.45, 2.75) is 38.8 Å². The minimum absolute atomic E-state index is 0.00537. The third-order valence-electron chi connectivity index (χ3n) is 5.89. The molecule has 0 saturated heterocycles. The average molecular weight is 332 g/mol. The molecule has 2 fully saturated rings. The zero-order valence-corrected chi connectivity index (χ0v) is 15.0. The maximum atomic E-state index is 12.9. The van der Waals surface area contributed by atoms with E-state index in [1.807, 2.05) is 31.0 Å². The molecule has 132 valence electrons. The standard InChI is InChI=1S/C19H28N2O3/c1-11-7-15(23-3)16(24-4)9-14(11)10-21(2)19(22)17-12-5-6-13(8-12)18(17)20/h7,9,12-13,17-18H,5-6,8,10,20H2,1-4H3. The van der Waals surface area contributed by atoms with E-state index in [0.29, 0.717) is 29.9 Å². The van der Waals surface area contributed by atoms with Gasteiger partial charge in [-0.2, -0.15) is 0 Å². The first-order valence-electron chi connectivity index (χ1n) is 8.68. The topological polar surface area (TPSA) is 64.8 Å². The fourth-order valence-electron chi connectivity index (χ4n) is 4.48. The third-order valence-corrected chi connectivity index (χ3v) is 5.89. The third kappa shape index (κ3) is 2.86. The Bertz CT molecular complexity index is 629. The van der Waals surface area contributed by atoms with Gasteiger partial charge in [0.05, 0.1) is 20.1 Å². The highest BCUT2D eigenvalue weighted by atomic mass is 16.5. The van der Waals surface area contributed by atoms with Crippen LogP contribution in [-0.4, -0.2) is 38.1 Å². The van der Waals surface area contributed by atoms with Crippen molar-refractivity contribution in [2.75, 3.05) is 21.3 Å². The molecule has 1 aromatic carbocycles. The first-order chi connectivity index (χ1) is 11.5. The highest BCUT2D eigenvalue weighted by Gasteiger charge is 2.49. The highest BCUT2D eigenvalue weighted by Crippen LogP contribution is 2.48. The van der Waals surface area contributed by atoms with Crippen molar-refractivity contribution in [3.8, 4) is 11.5 Å². The lowest BCUT2D eigenvalue weighted by molar-refractivity contribution is -0.137. The van der Waals surface area contributed by atoms with Crippen LogP contribution in [0.15, 0.2) is 12.1 Å². The van der Waals surface area contributed by atoms with Gasteiger partial charge in [0.1, 0.15) is 0 Å². The molecule has 2 aliphatic rings. The average Bonchev–Trinajstić information content (AvgIpc) is 3.16. The number of amides is 1. The summed E-state index contributed by atoms with van der Waals surface area (Å²) in [6.45, 7) is 2.59. The molecule has 2 N–H and O–H groups in total.